The van der Waals surface area contributed by atoms with Crippen LogP contribution >= 0.6 is 0 Å². The number of hydrogen-bond donors (Lipinski definition) is 1. The minimum Gasteiger partial charge on any atom is -0.481 e. The molecule has 3 atom stereocenters. The third-order valence-corrected chi connectivity index (χ3v) is 7.90. The Kier molecular flexibility index (Phi) is 7.61. The fraction of sp³-hybridized carbons (Fsp3) is 0.533. The van der Waals surface area contributed by atoms with Crippen LogP contribution in [0, 0.1) is 12.8 Å². The summed E-state index contributed by atoms with van der Waals surface area (Å²) in [7, 11) is 0. The van der Waals surface area contributed by atoms with Crippen molar-refractivity contribution in [3.63, 3.8) is 0 Å². The molecule has 1 saturated carbocycles. The van der Waals surface area contributed by atoms with Gasteiger partial charge >= 0.3 is 0 Å². The fourth-order valence-corrected chi connectivity index (χ4v) is 5.93. The minimum atomic E-state index is -0.623. The lowest BCUT2D eigenvalue weighted by atomic mass is 9.86. The van der Waals surface area contributed by atoms with Gasteiger partial charge in [-0.3, -0.25) is 9.59 Å². The zero-order valence-electron chi connectivity index (χ0n) is 21.5. The van der Waals surface area contributed by atoms with Crippen LogP contribution in [0.2, 0.25) is 0 Å². The molecule has 6 nitrogen and oxygen atoms in total. The van der Waals surface area contributed by atoms with E-state index in [0.29, 0.717) is 12.3 Å². The van der Waals surface area contributed by atoms with E-state index in [-0.39, 0.29) is 29.9 Å². The molecule has 0 spiro atoms. The van der Waals surface area contributed by atoms with Gasteiger partial charge in [0, 0.05) is 25.6 Å². The highest BCUT2D eigenvalue weighted by atomic mass is 16.5. The van der Waals surface area contributed by atoms with Crippen molar-refractivity contribution in [3.8, 4) is 5.75 Å². The second kappa shape index (κ2) is 11.0. The van der Waals surface area contributed by atoms with Crippen LogP contribution in [0.1, 0.15) is 73.7 Å². The maximum atomic E-state index is 13.6. The number of carbonyl (C=O) groups is 2. The standard InChI is InChI=1S/C30H38N2O4/c1-20-7-5-10-24(17-20)28-27-18-25(36-21(2)29(33)31-19-26-11-6-16-35-26)13-12-22(27)14-15-32(28)30(34)23-8-3-4-9-23/h5,7,10,12-13,17-18,21,23,26,28H,3-4,6,8-9,11,14-16,19H2,1-2H3,(H,31,33)/t21-,26+,28-/m1/s1. The maximum absolute atomic E-state index is 13.6. The third-order valence-electron chi connectivity index (χ3n) is 7.90. The van der Waals surface area contributed by atoms with Gasteiger partial charge in [-0.1, -0.05) is 48.7 Å². The first-order valence-corrected chi connectivity index (χ1v) is 13.6. The normalized spacial score (nSPS) is 22.8. The zero-order chi connectivity index (χ0) is 25.1. The molecule has 2 amide bonds. The molecule has 36 heavy (non-hydrogen) atoms. The SMILES string of the molecule is Cc1cccc([C@@H]2c3cc(O[C@H](C)C(=O)NC[C@@H]4CCCO4)ccc3CCN2C(=O)C2CCCC2)c1. The van der Waals surface area contributed by atoms with Crippen LogP contribution in [0.5, 0.6) is 5.75 Å². The van der Waals surface area contributed by atoms with E-state index in [2.05, 4.69) is 47.5 Å². The second-order valence-corrected chi connectivity index (χ2v) is 10.6. The lowest BCUT2D eigenvalue weighted by Gasteiger charge is -2.39. The number of aryl methyl sites for hydroxylation is 1. The van der Waals surface area contributed by atoms with Gasteiger partial charge in [-0.2, -0.15) is 0 Å². The Morgan fingerprint density at radius 3 is 2.69 bits per heavy atom. The van der Waals surface area contributed by atoms with Crippen molar-refractivity contribution in [1.29, 1.82) is 0 Å². The van der Waals surface area contributed by atoms with E-state index in [1.165, 1.54) is 11.1 Å². The van der Waals surface area contributed by atoms with Crippen molar-refractivity contribution in [3.05, 3.63) is 64.7 Å². The molecule has 0 bridgehead atoms. The predicted molar refractivity (Wildman–Crippen MR) is 139 cm³/mol. The number of nitrogens with one attached hydrogen (secondary N) is 1. The lowest BCUT2D eigenvalue weighted by Crippen LogP contribution is -2.43. The van der Waals surface area contributed by atoms with Gasteiger partial charge in [0.25, 0.3) is 5.91 Å². The first-order valence-electron chi connectivity index (χ1n) is 13.6. The monoisotopic (exact) mass is 490 g/mol. The first kappa shape index (κ1) is 24.8. The van der Waals surface area contributed by atoms with Gasteiger partial charge in [0.1, 0.15) is 5.75 Å². The Hall–Kier alpha value is -2.86. The van der Waals surface area contributed by atoms with Crippen LogP contribution in [0.3, 0.4) is 0 Å². The Labute approximate surface area is 214 Å². The van der Waals surface area contributed by atoms with Gasteiger partial charge in [0.2, 0.25) is 5.91 Å². The summed E-state index contributed by atoms with van der Waals surface area (Å²) >= 11 is 0. The average Bonchev–Trinajstić information content (AvgIpc) is 3.61. The molecule has 2 heterocycles. The highest BCUT2D eigenvalue weighted by Gasteiger charge is 2.36. The van der Waals surface area contributed by atoms with E-state index >= 15 is 0 Å². The quantitative estimate of drug-likeness (QED) is 0.610. The van der Waals surface area contributed by atoms with Crippen molar-refractivity contribution in [1.82, 2.24) is 10.2 Å². The summed E-state index contributed by atoms with van der Waals surface area (Å²) in [6.45, 7) is 5.88. The highest BCUT2D eigenvalue weighted by Crippen LogP contribution is 2.40. The fourth-order valence-electron chi connectivity index (χ4n) is 5.93. The molecule has 2 aromatic rings. The van der Waals surface area contributed by atoms with Crippen LogP contribution in [0.25, 0.3) is 0 Å². The van der Waals surface area contributed by atoms with E-state index in [0.717, 1.165) is 69.2 Å². The summed E-state index contributed by atoms with van der Waals surface area (Å²) < 4.78 is 11.7. The number of nitrogens with zero attached hydrogens (tertiary/aromatic N) is 1. The Bertz CT molecular complexity index is 1090. The summed E-state index contributed by atoms with van der Waals surface area (Å²) in [5.74, 6) is 0.918. The Balaban J connectivity index is 1.38. The van der Waals surface area contributed by atoms with Gasteiger partial charge in [0.15, 0.2) is 6.10 Å². The topological polar surface area (TPSA) is 67.9 Å². The van der Waals surface area contributed by atoms with Gasteiger partial charge in [-0.25, -0.2) is 0 Å². The second-order valence-electron chi connectivity index (χ2n) is 10.6. The Morgan fingerprint density at radius 1 is 1.11 bits per heavy atom. The molecule has 6 heteroatoms. The molecule has 1 aliphatic carbocycles. The Morgan fingerprint density at radius 2 is 1.94 bits per heavy atom. The van der Waals surface area contributed by atoms with Gasteiger partial charge in [-0.15, -0.1) is 0 Å². The van der Waals surface area contributed by atoms with Gasteiger partial charge in [0.05, 0.1) is 12.1 Å². The summed E-state index contributed by atoms with van der Waals surface area (Å²) in [6.07, 6.45) is 6.59. The summed E-state index contributed by atoms with van der Waals surface area (Å²) in [5, 5.41) is 2.96. The highest BCUT2D eigenvalue weighted by molar-refractivity contribution is 5.81. The molecule has 0 aromatic heterocycles. The number of benzene rings is 2. The molecule has 3 aliphatic rings. The summed E-state index contributed by atoms with van der Waals surface area (Å²) in [6, 6.07) is 14.4. The summed E-state index contributed by atoms with van der Waals surface area (Å²) in [4.78, 5) is 28.4. The lowest BCUT2D eigenvalue weighted by molar-refractivity contribution is -0.137. The predicted octanol–water partition coefficient (Wildman–Crippen LogP) is 4.72. The molecular weight excluding hydrogens is 452 g/mol. The number of rotatable bonds is 7. The van der Waals surface area contributed by atoms with E-state index in [9.17, 15) is 9.59 Å². The summed E-state index contributed by atoms with van der Waals surface area (Å²) in [5.41, 5.74) is 4.64. The number of carbonyl (C=O) groups excluding carboxylic acids is 2. The molecular formula is C30H38N2O4. The van der Waals surface area contributed by atoms with E-state index in [1.807, 2.05) is 12.1 Å². The molecule has 2 fully saturated rings. The number of hydrogen-bond acceptors (Lipinski definition) is 4. The van der Waals surface area contributed by atoms with E-state index < -0.39 is 6.10 Å². The van der Waals surface area contributed by atoms with Crippen LogP contribution in [0.15, 0.2) is 42.5 Å². The number of fused-ring (bicyclic) bond motifs is 1. The molecule has 1 N–H and O–H groups in total. The third kappa shape index (κ3) is 5.44. The van der Waals surface area contributed by atoms with Crippen molar-refractivity contribution >= 4 is 11.8 Å². The van der Waals surface area contributed by atoms with Crippen LogP contribution in [-0.2, 0) is 20.7 Å². The van der Waals surface area contributed by atoms with Crippen LogP contribution < -0.4 is 10.1 Å². The molecule has 0 radical (unpaired) electrons. The van der Waals surface area contributed by atoms with Crippen LogP contribution in [0.4, 0.5) is 0 Å². The molecule has 1 saturated heterocycles. The average molecular weight is 491 g/mol. The number of ether oxygens (including phenoxy) is 2. The van der Waals surface area contributed by atoms with Crippen molar-refractivity contribution in [2.45, 2.75) is 77.0 Å². The molecule has 2 aliphatic heterocycles. The van der Waals surface area contributed by atoms with Gasteiger partial charge < -0.3 is 19.7 Å². The van der Waals surface area contributed by atoms with Gasteiger partial charge in [-0.05, 0) is 74.8 Å². The van der Waals surface area contributed by atoms with E-state index in [1.54, 1.807) is 6.92 Å². The van der Waals surface area contributed by atoms with Crippen molar-refractivity contribution in [2.75, 3.05) is 19.7 Å². The van der Waals surface area contributed by atoms with Crippen molar-refractivity contribution in [2.24, 2.45) is 5.92 Å². The molecule has 2 aromatic carbocycles. The molecule has 0 unspecified atom stereocenters. The number of amides is 2. The van der Waals surface area contributed by atoms with Crippen molar-refractivity contribution < 1.29 is 19.1 Å². The molecule has 192 valence electrons. The van der Waals surface area contributed by atoms with Crippen LogP contribution in [-0.4, -0.2) is 48.6 Å². The van der Waals surface area contributed by atoms with E-state index in [4.69, 9.17) is 9.47 Å². The largest absolute Gasteiger partial charge is 0.481 e. The maximum Gasteiger partial charge on any atom is 0.260 e. The molecule has 5 rings (SSSR count). The smallest absolute Gasteiger partial charge is 0.260 e. The minimum absolute atomic E-state index is 0.100. The first-order chi connectivity index (χ1) is 17.5. The zero-order valence-corrected chi connectivity index (χ0v) is 21.5.